The molecule has 1 aromatic heterocycles. The zero-order valence-corrected chi connectivity index (χ0v) is 12.0. The second-order valence-electron chi connectivity index (χ2n) is 4.77. The maximum atomic E-state index is 9.55. The number of hydrogen-bond donors (Lipinski definition) is 2. The van der Waals surface area contributed by atoms with E-state index in [1.54, 1.807) is 23.9 Å². The minimum atomic E-state index is 0.295. The molecule has 2 aromatic carbocycles. The second kappa shape index (κ2) is 5.13. The molecule has 0 saturated heterocycles. The van der Waals surface area contributed by atoms with Crippen molar-refractivity contribution >= 4 is 28.4 Å². The molecule has 0 radical (unpaired) electrons. The van der Waals surface area contributed by atoms with E-state index in [1.165, 1.54) is 10.3 Å². The Bertz CT molecular complexity index is 764. The van der Waals surface area contributed by atoms with E-state index in [1.807, 2.05) is 24.3 Å². The normalized spacial score (nSPS) is 11.1. The van der Waals surface area contributed by atoms with Gasteiger partial charge < -0.3 is 15.4 Å². The van der Waals surface area contributed by atoms with E-state index in [4.69, 9.17) is 5.73 Å². The summed E-state index contributed by atoms with van der Waals surface area (Å²) in [6, 6.07) is 13.5. The third-order valence-electron chi connectivity index (χ3n) is 3.36. The molecule has 0 atom stereocenters. The average molecular weight is 284 g/mol. The zero-order chi connectivity index (χ0) is 14.1. The topological polar surface area (TPSA) is 51.2 Å². The van der Waals surface area contributed by atoms with Crippen LogP contribution in [0.4, 0.5) is 5.69 Å². The zero-order valence-electron chi connectivity index (χ0n) is 11.2. The molecule has 4 heteroatoms. The number of hydrogen-bond acceptors (Lipinski definition) is 3. The minimum Gasteiger partial charge on any atom is -0.508 e. The average Bonchev–Trinajstić information content (AvgIpc) is 2.81. The van der Waals surface area contributed by atoms with Crippen molar-refractivity contribution in [1.82, 2.24) is 4.57 Å². The Morgan fingerprint density at radius 1 is 1.20 bits per heavy atom. The van der Waals surface area contributed by atoms with Gasteiger partial charge in [-0.3, -0.25) is 0 Å². The molecule has 3 nitrogen and oxygen atoms in total. The number of rotatable bonds is 3. The molecule has 0 aliphatic heterocycles. The number of benzene rings is 2. The van der Waals surface area contributed by atoms with E-state index >= 15 is 0 Å². The van der Waals surface area contributed by atoms with E-state index in [9.17, 15) is 5.11 Å². The van der Waals surface area contributed by atoms with Gasteiger partial charge in [-0.2, -0.15) is 0 Å². The maximum Gasteiger partial charge on any atom is 0.115 e. The van der Waals surface area contributed by atoms with Crippen molar-refractivity contribution in [3.05, 3.63) is 54.2 Å². The quantitative estimate of drug-likeness (QED) is 0.569. The highest BCUT2D eigenvalue weighted by atomic mass is 32.2. The van der Waals surface area contributed by atoms with Crippen LogP contribution in [0.3, 0.4) is 0 Å². The number of aromatic nitrogens is 1. The van der Waals surface area contributed by atoms with Gasteiger partial charge in [-0.25, -0.2) is 0 Å². The molecule has 3 N–H and O–H groups in total. The maximum absolute atomic E-state index is 9.55. The summed E-state index contributed by atoms with van der Waals surface area (Å²) in [7, 11) is 0. The molecule has 0 spiro atoms. The Kier molecular flexibility index (Phi) is 3.32. The summed E-state index contributed by atoms with van der Waals surface area (Å²) in [4.78, 5) is 1.19. The van der Waals surface area contributed by atoms with Crippen LogP contribution in [0, 0.1) is 0 Å². The second-order valence-corrected chi connectivity index (χ2v) is 5.62. The largest absolute Gasteiger partial charge is 0.508 e. The lowest BCUT2D eigenvalue weighted by molar-refractivity contribution is 0.474. The van der Waals surface area contributed by atoms with Crippen molar-refractivity contribution < 1.29 is 5.11 Å². The third-order valence-corrected chi connectivity index (χ3v) is 4.13. The molecule has 0 aliphatic rings. The molecule has 20 heavy (non-hydrogen) atoms. The fourth-order valence-electron chi connectivity index (χ4n) is 2.44. The van der Waals surface area contributed by atoms with Gasteiger partial charge in [0.15, 0.2) is 0 Å². The van der Waals surface area contributed by atoms with Crippen molar-refractivity contribution in [2.45, 2.75) is 11.4 Å². The Balaban J connectivity index is 2.06. The van der Waals surface area contributed by atoms with Crippen molar-refractivity contribution in [2.75, 3.05) is 12.0 Å². The molecule has 0 amide bonds. The summed E-state index contributed by atoms with van der Waals surface area (Å²) in [5.74, 6) is 0.295. The SMILES string of the molecule is CSc1cc(N)cc2c1ccn2Cc1cccc(O)c1. The molecule has 0 bridgehead atoms. The minimum absolute atomic E-state index is 0.295. The predicted molar refractivity (Wildman–Crippen MR) is 85.3 cm³/mol. The Morgan fingerprint density at radius 3 is 2.80 bits per heavy atom. The van der Waals surface area contributed by atoms with E-state index in [0.717, 1.165) is 23.3 Å². The van der Waals surface area contributed by atoms with Crippen LogP contribution in [0.1, 0.15) is 5.56 Å². The highest BCUT2D eigenvalue weighted by Gasteiger charge is 2.07. The van der Waals surface area contributed by atoms with Crippen LogP contribution in [0.25, 0.3) is 10.9 Å². The number of nitrogens with zero attached hydrogens (tertiary/aromatic N) is 1. The Labute approximate surface area is 122 Å². The van der Waals surface area contributed by atoms with Gasteiger partial charge in [0.1, 0.15) is 5.75 Å². The first-order valence-corrected chi connectivity index (χ1v) is 7.60. The van der Waals surface area contributed by atoms with Crippen molar-refractivity contribution in [3.8, 4) is 5.75 Å². The van der Waals surface area contributed by atoms with E-state index in [2.05, 4.69) is 23.1 Å². The van der Waals surface area contributed by atoms with Gasteiger partial charge in [0.05, 0.1) is 5.52 Å². The van der Waals surface area contributed by atoms with E-state index in [-0.39, 0.29) is 0 Å². The van der Waals surface area contributed by atoms with E-state index < -0.39 is 0 Å². The first kappa shape index (κ1) is 12.9. The van der Waals surface area contributed by atoms with Gasteiger partial charge in [-0.05, 0) is 42.2 Å². The standard InChI is InChI=1S/C16H16N2OS/c1-20-16-9-12(17)8-15-14(16)5-6-18(15)10-11-3-2-4-13(19)7-11/h2-9,19H,10,17H2,1H3. The van der Waals surface area contributed by atoms with Gasteiger partial charge in [0.2, 0.25) is 0 Å². The van der Waals surface area contributed by atoms with Crippen molar-refractivity contribution in [2.24, 2.45) is 0 Å². The molecule has 0 fully saturated rings. The van der Waals surface area contributed by atoms with Gasteiger partial charge in [0, 0.05) is 28.7 Å². The number of fused-ring (bicyclic) bond motifs is 1. The van der Waals surface area contributed by atoms with Crippen LogP contribution in [-0.4, -0.2) is 15.9 Å². The summed E-state index contributed by atoms with van der Waals surface area (Å²) in [6.07, 6.45) is 4.12. The number of anilines is 1. The number of phenols is 1. The summed E-state index contributed by atoms with van der Waals surface area (Å²) in [5.41, 5.74) is 8.94. The Hall–Kier alpha value is -2.07. The van der Waals surface area contributed by atoms with Crippen LogP contribution in [0.15, 0.2) is 53.6 Å². The predicted octanol–water partition coefficient (Wildman–Crippen LogP) is 3.70. The smallest absolute Gasteiger partial charge is 0.115 e. The van der Waals surface area contributed by atoms with Gasteiger partial charge >= 0.3 is 0 Å². The number of nitrogen functional groups attached to an aromatic ring is 1. The molecule has 0 aliphatic carbocycles. The molecule has 0 unspecified atom stereocenters. The summed E-state index contributed by atoms with van der Waals surface area (Å²) < 4.78 is 2.15. The summed E-state index contributed by atoms with van der Waals surface area (Å²) >= 11 is 1.70. The molecule has 3 aromatic rings. The van der Waals surface area contributed by atoms with Crippen molar-refractivity contribution in [1.29, 1.82) is 0 Å². The summed E-state index contributed by atoms with van der Waals surface area (Å²) in [5, 5.41) is 10.8. The number of nitrogens with two attached hydrogens (primary N) is 1. The van der Waals surface area contributed by atoms with Crippen LogP contribution < -0.4 is 5.73 Å². The first-order chi connectivity index (χ1) is 9.67. The lowest BCUT2D eigenvalue weighted by atomic mass is 10.2. The van der Waals surface area contributed by atoms with Crippen LogP contribution in [0.2, 0.25) is 0 Å². The lowest BCUT2D eigenvalue weighted by Gasteiger charge is -2.08. The molecule has 1 heterocycles. The van der Waals surface area contributed by atoms with Crippen LogP contribution in [0.5, 0.6) is 5.75 Å². The molecular weight excluding hydrogens is 268 g/mol. The molecular formula is C16H16N2OS. The van der Waals surface area contributed by atoms with Gasteiger partial charge in [-0.15, -0.1) is 11.8 Å². The van der Waals surface area contributed by atoms with Gasteiger partial charge in [0.25, 0.3) is 0 Å². The highest BCUT2D eigenvalue weighted by molar-refractivity contribution is 7.98. The van der Waals surface area contributed by atoms with Crippen LogP contribution in [-0.2, 0) is 6.54 Å². The summed E-state index contributed by atoms with van der Waals surface area (Å²) in [6.45, 7) is 0.717. The monoisotopic (exact) mass is 284 g/mol. The van der Waals surface area contributed by atoms with Gasteiger partial charge in [-0.1, -0.05) is 12.1 Å². The van der Waals surface area contributed by atoms with Crippen LogP contribution >= 0.6 is 11.8 Å². The molecule has 0 saturated carbocycles. The number of thioether (sulfide) groups is 1. The van der Waals surface area contributed by atoms with E-state index in [0.29, 0.717) is 5.75 Å². The lowest BCUT2D eigenvalue weighted by Crippen LogP contribution is -1.98. The number of aromatic hydroxyl groups is 1. The fourth-order valence-corrected chi connectivity index (χ4v) is 3.09. The fraction of sp³-hybridized carbons (Fsp3) is 0.125. The number of phenolic OH excluding ortho intramolecular Hbond substituents is 1. The Morgan fingerprint density at radius 2 is 2.05 bits per heavy atom. The third kappa shape index (κ3) is 2.34. The molecule has 102 valence electrons. The first-order valence-electron chi connectivity index (χ1n) is 6.37. The highest BCUT2D eigenvalue weighted by Crippen LogP contribution is 2.30. The molecule has 3 rings (SSSR count). The van der Waals surface area contributed by atoms with Crippen molar-refractivity contribution in [3.63, 3.8) is 0 Å².